The molecule has 0 nitrogen and oxygen atoms in total. The van der Waals surface area contributed by atoms with Crippen molar-refractivity contribution in [1.29, 1.82) is 0 Å². The minimum atomic E-state index is 0. The Morgan fingerprint density at radius 1 is 0.484 bits per heavy atom. The van der Waals surface area contributed by atoms with E-state index in [1.54, 1.807) is 23.3 Å². The largest absolute Gasteiger partial charge is 1.00 e. The van der Waals surface area contributed by atoms with Crippen molar-refractivity contribution >= 4 is 27.0 Å². The molecule has 2 saturated carbocycles. The quantitative estimate of drug-likeness (QED) is 0.105. The van der Waals surface area contributed by atoms with Gasteiger partial charge in [-0.1, -0.05) is 177 Å². The van der Waals surface area contributed by atoms with E-state index in [1.807, 2.05) is 0 Å². The van der Waals surface area contributed by atoms with E-state index in [1.165, 1.54) is 182 Å². The predicted molar refractivity (Wildman–Crippen MR) is 264 cm³/mol. The summed E-state index contributed by atoms with van der Waals surface area (Å²) in [5, 5.41) is 5.65. The Balaban J connectivity index is 0.000000244. The van der Waals surface area contributed by atoms with Crippen LogP contribution in [0.4, 0.5) is 0 Å². The monoisotopic (exact) mass is 960 g/mol. The molecule has 8 rings (SSSR count). The first-order valence-electron chi connectivity index (χ1n) is 24.1. The first-order chi connectivity index (χ1) is 29.1. The number of hydrogen-bond donors (Lipinski definition) is 0. The van der Waals surface area contributed by atoms with Gasteiger partial charge in [-0.25, -0.2) is 0 Å². The van der Waals surface area contributed by atoms with Crippen molar-refractivity contribution in [2.45, 2.75) is 169 Å². The minimum Gasteiger partial charge on any atom is -1.00 e. The first-order valence-corrected chi connectivity index (χ1v) is 30.3. The van der Waals surface area contributed by atoms with Crippen LogP contribution >= 0.6 is 0 Å². The fourth-order valence-corrected chi connectivity index (χ4v) is 10.4. The molecule has 0 N–H and O–H groups in total. The molecule has 0 amide bonds. The molecule has 6 aromatic rings. The SMILES string of the molecule is CCc1ccc(-c2cccc3[cH-]c(CC4(C)CCCCCCCC4)cc23)cc1.CCc1ccc(-c2cccc3[cH-]c(CC4(C)CCCCCCCC4)cc23)cc1.C[Si](C)=[Zr+2].[Cl-].[Cl-]. The topological polar surface area (TPSA) is 0 Å². The molecule has 4 heteroatoms. The molecule has 0 aromatic heterocycles. The Labute approximate surface area is 405 Å². The zero-order valence-electron chi connectivity index (χ0n) is 39.3. The van der Waals surface area contributed by atoms with Crippen molar-refractivity contribution < 1.29 is 48.1 Å². The molecule has 2 fully saturated rings. The van der Waals surface area contributed by atoms with Gasteiger partial charge in [0.05, 0.1) is 0 Å². The normalized spacial score (nSPS) is 16.5. The average Bonchev–Trinajstić information content (AvgIpc) is 3.89. The summed E-state index contributed by atoms with van der Waals surface area (Å²) in [4.78, 5) is 0. The van der Waals surface area contributed by atoms with Crippen LogP contribution in [0, 0.1) is 10.8 Å². The number of aryl methyl sites for hydroxylation is 2. The maximum Gasteiger partial charge on any atom is -1.00 e. The van der Waals surface area contributed by atoms with E-state index in [0.29, 0.717) is 10.8 Å². The van der Waals surface area contributed by atoms with Gasteiger partial charge in [0.2, 0.25) is 0 Å². The van der Waals surface area contributed by atoms with E-state index in [-0.39, 0.29) is 30.2 Å². The van der Waals surface area contributed by atoms with Crippen molar-refractivity contribution in [3.63, 3.8) is 0 Å². The van der Waals surface area contributed by atoms with Gasteiger partial charge in [0.1, 0.15) is 0 Å². The van der Waals surface area contributed by atoms with Gasteiger partial charge in [-0.15, -0.1) is 69.1 Å². The van der Waals surface area contributed by atoms with E-state index in [0.717, 1.165) is 12.8 Å². The van der Waals surface area contributed by atoms with Gasteiger partial charge in [-0.2, -0.15) is 12.1 Å². The van der Waals surface area contributed by atoms with Crippen LogP contribution in [0.25, 0.3) is 43.8 Å². The van der Waals surface area contributed by atoms with Gasteiger partial charge in [0, 0.05) is 0 Å². The van der Waals surface area contributed by atoms with Crippen molar-refractivity contribution in [3.05, 3.63) is 131 Å². The molecule has 2 aliphatic rings. The Bertz CT molecular complexity index is 2040. The van der Waals surface area contributed by atoms with Crippen molar-refractivity contribution in [1.82, 2.24) is 0 Å². The molecule has 0 atom stereocenters. The molecule has 6 aromatic carbocycles. The van der Waals surface area contributed by atoms with Crippen LogP contribution in [0.15, 0.2) is 109 Å². The van der Waals surface area contributed by atoms with Crippen LogP contribution in [-0.2, 0) is 49.0 Å². The maximum absolute atomic E-state index is 2.54. The zero-order valence-corrected chi connectivity index (χ0v) is 44.3. The summed E-state index contributed by atoms with van der Waals surface area (Å²) < 4.78 is 0. The molecule has 2 aliphatic carbocycles. The molecule has 0 spiro atoms. The van der Waals surface area contributed by atoms with Gasteiger partial charge in [-0.3, -0.25) is 0 Å². The number of hydrogen-bond acceptors (Lipinski definition) is 0. The fourth-order valence-electron chi connectivity index (χ4n) is 10.4. The number of halogens is 2. The minimum absolute atomic E-state index is 0. The van der Waals surface area contributed by atoms with Gasteiger partial charge in [0.15, 0.2) is 0 Å². The fraction of sp³-hybridized carbons (Fsp3) is 0.483. The second-order valence-corrected chi connectivity index (χ2v) is 29.0. The van der Waals surface area contributed by atoms with Crippen LogP contribution in [0.5, 0.6) is 0 Å². The van der Waals surface area contributed by atoms with Crippen LogP contribution < -0.4 is 24.8 Å². The Kier molecular flexibility index (Phi) is 22.0. The van der Waals surface area contributed by atoms with Crippen molar-refractivity contribution in [3.8, 4) is 22.3 Å². The van der Waals surface area contributed by atoms with E-state index < -0.39 is 0 Å². The third-order valence-electron chi connectivity index (χ3n) is 13.9. The second kappa shape index (κ2) is 26.1. The summed E-state index contributed by atoms with van der Waals surface area (Å²) in [6, 6.07) is 41.7. The molecule has 0 saturated heterocycles. The Morgan fingerprint density at radius 2 is 0.790 bits per heavy atom. The van der Waals surface area contributed by atoms with E-state index >= 15 is 0 Å². The second-order valence-electron chi connectivity index (χ2n) is 19.7. The van der Waals surface area contributed by atoms with E-state index in [2.05, 4.69) is 150 Å². The molecule has 0 unspecified atom stereocenters. The molecule has 62 heavy (non-hydrogen) atoms. The van der Waals surface area contributed by atoms with Gasteiger partial charge >= 0.3 is 41.9 Å². The molecular weight excluding hydrogens is 887 g/mol. The molecule has 0 heterocycles. The van der Waals surface area contributed by atoms with Crippen LogP contribution in [0.2, 0.25) is 13.1 Å². The smallest absolute Gasteiger partial charge is 1.00 e. The van der Waals surface area contributed by atoms with Gasteiger partial charge in [0.25, 0.3) is 0 Å². The Hall–Kier alpha value is -2.22. The molecule has 332 valence electrons. The third-order valence-corrected chi connectivity index (χ3v) is 13.9. The number of rotatable bonds is 8. The summed E-state index contributed by atoms with van der Waals surface area (Å²) >= 11 is 1.74. The molecule has 0 radical (unpaired) electrons. The number of benzene rings is 4. The summed E-state index contributed by atoms with van der Waals surface area (Å²) in [6.45, 7) is 14.1. The third kappa shape index (κ3) is 15.5. The molecule has 0 bridgehead atoms. The zero-order chi connectivity index (χ0) is 42.4. The van der Waals surface area contributed by atoms with Gasteiger partial charge < -0.3 is 24.8 Å². The van der Waals surface area contributed by atoms with Gasteiger partial charge in [-0.05, 0) is 84.5 Å². The Morgan fingerprint density at radius 3 is 1.10 bits per heavy atom. The molecular formula is C58H76Cl2SiZr-2. The van der Waals surface area contributed by atoms with Crippen LogP contribution in [-0.4, -0.2) is 5.43 Å². The standard InChI is InChI=1S/2C28H35.C2H6Si.2ClH.Zr/c2*1-3-22-13-15-24(16-14-22)26-12-10-11-25-19-23(20-27(25)26)21-28(2)17-8-6-4-5-7-9-18-28;1-3-2;;;/h2*10-16,19-20H,3-9,17-18,21H2,1-2H3;1-2H3;2*1H;/q2*-1;;;;+2/p-2. The summed E-state index contributed by atoms with van der Waals surface area (Å²) in [7, 11) is 0. The van der Waals surface area contributed by atoms with E-state index in [9.17, 15) is 0 Å². The average molecular weight is 963 g/mol. The van der Waals surface area contributed by atoms with Crippen LogP contribution in [0.3, 0.4) is 0 Å². The molecule has 0 aliphatic heterocycles. The van der Waals surface area contributed by atoms with E-state index in [4.69, 9.17) is 0 Å². The first kappa shape index (κ1) is 52.4. The van der Waals surface area contributed by atoms with Crippen molar-refractivity contribution in [2.24, 2.45) is 10.8 Å². The van der Waals surface area contributed by atoms with Crippen molar-refractivity contribution in [2.75, 3.05) is 0 Å². The van der Waals surface area contributed by atoms with Crippen LogP contribution in [0.1, 0.15) is 153 Å². The maximum atomic E-state index is 2.54. The summed E-state index contributed by atoms with van der Waals surface area (Å²) in [6.07, 6.45) is 27.3. The summed E-state index contributed by atoms with van der Waals surface area (Å²) in [5.41, 5.74) is 12.5. The predicted octanol–water partition coefficient (Wildman–Crippen LogP) is 11.7. The number of fused-ring (bicyclic) bond motifs is 2. The summed E-state index contributed by atoms with van der Waals surface area (Å²) in [5.74, 6) is 0.